The van der Waals surface area contributed by atoms with Crippen molar-refractivity contribution in [2.45, 2.75) is 72.4 Å². The van der Waals surface area contributed by atoms with Crippen LogP contribution in [0.2, 0.25) is 0 Å². The highest BCUT2D eigenvalue weighted by molar-refractivity contribution is 4.83. The van der Waals surface area contributed by atoms with Gasteiger partial charge in [0.25, 0.3) is 0 Å². The van der Waals surface area contributed by atoms with E-state index >= 15 is 0 Å². The van der Waals surface area contributed by atoms with Crippen molar-refractivity contribution in [2.75, 3.05) is 0 Å². The number of hydrogen-bond donors (Lipinski definition) is 1. The predicted octanol–water partition coefficient (Wildman–Crippen LogP) is 3.59. The zero-order valence-corrected chi connectivity index (χ0v) is 10.6. The van der Waals surface area contributed by atoms with Crippen molar-refractivity contribution in [3.8, 4) is 0 Å². The van der Waals surface area contributed by atoms with Gasteiger partial charge < -0.3 is 5.32 Å². The van der Waals surface area contributed by atoms with Gasteiger partial charge in [0.15, 0.2) is 0 Å². The van der Waals surface area contributed by atoms with Gasteiger partial charge in [0.2, 0.25) is 0 Å². The highest BCUT2D eigenvalue weighted by atomic mass is 14.9. The van der Waals surface area contributed by atoms with Gasteiger partial charge in [0, 0.05) is 12.1 Å². The lowest BCUT2D eigenvalue weighted by molar-refractivity contribution is 0.157. The molecule has 1 N–H and O–H groups in total. The van der Waals surface area contributed by atoms with Crippen molar-refractivity contribution in [1.82, 2.24) is 5.32 Å². The Labute approximate surface area is 89.7 Å². The molecule has 84 valence electrons. The molecule has 0 aromatic rings. The Bertz CT molecular complexity index is 159. The average Bonchev–Trinajstić information content (AvgIpc) is 2.02. The lowest BCUT2D eigenvalue weighted by atomic mass is 9.71. The second-order valence-electron chi connectivity index (χ2n) is 6.24. The third kappa shape index (κ3) is 3.61. The standard InChI is InChI=1S/C13H27N/c1-10(2)14-12-8-6-11(7-9-12)13(3,4)5/h10-12,14H,6-9H2,1-5H3. The minimum absolute atomic E-state index is 0.517. The van der Waals surface area contributed by atoms with Gasteiger partial charge in [-0.25, -0.2) is 0 Å². The lowest BCUT2D eigenvalue weighted by Crippen LogP contribution is -2.39. The van der Waals surface area contributed by atoms with Crippen LogP contribution in [0.25, 0.3) is 0 Å². The molecule has 0 saturated heterocycles. The molecule has 0 atom stereocenters. The molecule has 1 aliphatic carbocycles. The van der Waals surface area contributed by atoms with Crippen molar-refractivity contribution in [1.29, 1.82) is 0 Å². The van der Waals surface area contributed by atoms with Crippen LogP contribution >= 0.6 is 0 Å². The molecule has 0 aliphatic heterocycles. The minimum Gasteiger partial charge on any atom is -0.312 e. The van der Waals surface area contributed by atoms with E-state index in [1.807, 2.05) is 0 Å². The molecule has 0 heterocycles. The van der Waals surface area contributed by atoms with Gasteiger partial charge in [-0.3, -0.25) is 0 Å². The third-order valence-corrected chi connectivity index (χ3v) is 3.52. The first-order chi connectivity index (χ1) is 6.39. The summed E-state index contributed by atoms with van der Waals surface area (Å²) in [4.78, 5) is 0. The van der Waals surface area contributed by atoms with Gasteiger partial charge in [0.05, 0.1) is 0 Å². The number of hydrogen-bond acceptors (Lipinski definition) is 1. The van der Waals surface area contributed by atoms with Crippen LogP contribution in [0.3, 0.4) is 0 Å². The normalized spacial score (nSPS) is 29.6. The molecule has 0 amide bonds. The second kappa shape index (κ2) is 4.65. The van der Waals surface area contributed by atoms with E-state index in [4.69, 9.17) is 0 Å². The molecule has 1 rings (SSSR count). The second-order valence-corrected chi connectivity index (χ2v) is 6.24. The van der Waals surface area contributed by atoms with E-state index in [0.717, 1.165) is 12.0 Å². The topological polar surface area (TPSA) is 12.0 Å². The summed E-state index contributed by atoms with van der Waals surface area (Å²) in [7, 11) is 0. The molecule has 1 nitrogen and oxygen atoms in total. The molecule has 0 aromatic carbocycles. The van der Waals surface area contributed by atoms with Crippen LogP contribution in [0.4, 0.5) is 0 Å². The third-order valence-electron chi connectivity index (χ3n) is 3.52. The first-order valence-electron chi connectivity index (χ1n) is 6.15. The number of rotatable bonds is 2. The van der Waals surface area contributed by atoms with E-state index in [-0.39, 0.29) is 0 Å². The molecular weight excluding hydrogens is 170 g/mol. The van der Waals surface area contributed by atoms with Gasteiger partial charge in [-0.05, 0) is 37.0 Å². The van der Waals surface area contributed by atoms with E-state index in [0.29, 0.717) is 11.5 Å². The molecule has 1 aliphatic rings. The molecule has 0 radical (unpaired) electrons. The van der Waals surface area contributed by atoms with E-state index in [1.54, 1.807) is 0 Å². The predicted molar refractivity (Wildman–Crippen MR) is 63.5 cm³/mol. The SMILES string of the molecule is CC(C)NC1CCC(C(C)(C)C)CC1. The maximum atomic E-state index is 3.65. The fourth-order valence-electron chi connectivity index (χ4n) is 2.60. The fraction of sp³-hybridized carbons (Fsp3) is 1.00. The maximum Gasteiger partial charge on any atom is 0.00696 e. The van der Waals surface area contributed by atoms with Gasteiger partial charge in [-0.1, -0.05) is 34.6 Å². The Hall–Kier alpha value is -0.0400. The van der Waals surface area contributed by atoms with Crippen LogP contribution in [0.15, 0.2) is 0 Å². The smallest absolute Gasteiger partial charge is 0.00696 e. The fourth-order valence-corrected chi connectivity index (χ4v) is 2.60. The Kier molecular flexibility index (Phi) is 4.00. The monoisotopic (exact) mass is 197 g/mol. The molecule has 1 fully saturated rings. The average molecular weight is 197 g/mol. The summed E-state index contributed by atoms with van der Waals surface area (Å²) in [6.07, 6.45) is 5.57. The summed E-state index contributed by atoms with van der Waals surface area (Å²) in [5.74, 6) is 0.938. The highest BCUT2D eigenvalue weighted by Crippen LogP contribution is 2.37. The summed E-state index contributed by atoms with van der Waals surface area (Å²) >= 11 is 0. The van der Waals surface area contributed by atoms with Crippen LogP contribution in [0, 0.1) is 11.3 Å². The highest BCUT2D eigenvalue weighted by Gasteiger charge is 2.29. The van der Waals surface area contributed by atoms with Gasteiger partial charge in [-0.15, -0.1) is 0 Å². The van der Waals surface area contributed by atoms with Crippen LogP contribution in [0.5, 0.6) is 0 Å². The maximum absolute atomic E-state index is 3.65. The Morgan fingerprint density at radius 2 is 1.50 bits per heavy atom. The molecule has 0 aromatic heterocycles. The summed E-state index contributed by atoms with van der Waals surface area (Å²) in [5, 5.41) is 3.65. The van der Waals surface area contributed by atoms with Gasteiger partial charge in [0.1, 0.15) is 0 Å². The van der Waals surface area contributed by atoms with Crippen molar-refractivity contribution >= 4 is 0 Å². The molecule has 1 heteroatoms. The van der Waals surface area contributed by atoms with E-state index in [1.165, 1.54) is 25.7 Å². The van der Waals surface area contributed by atoms with E-state index < -0.39 is 0 Å². The Morgan fingerprint density at radius 1 is 1.00 bits per heavy atom. The summed E-state index contributed by atoms with van der Waals surface area (Å²) in [5.41, 5.74) is 0.517. The Morgan fingerprint density at radius 3 is 1.86 bits per heavy atom. The molecule has 1 saturated carbocycles. The van der Waals surface area contributed by atoms with Crippen LogP contribution in [-0.4, -0.2) is 12.1 Å². The molecule has 0 bridgehead atoms. The van der Waals surface area contributed by atoms with Crippen molar-refractivity contribution < 1.29 is 0 Å². The summed E-state index contributed by atoms with van der Waals surface area (Å²) in [6.45, 7) is 11.6. The molecule has 14 heavy (non-hydrogen) atoms. The summed E-state index contributed by atoms with van der Waals surface area (Å²) in [6, 6.07) is 1.43. The van der Waals surface area contributed by atoms with Crippen molar-refractivity contribution in [2.24, 2.45) is 11.3 Å². The first-order valence-corrected chi connectivity index (χ1v) is 6.15. The van der Waals surface area contributed by atoms with E-state index in [2.05, 4.69) is 39.9 Å². The molecule has 0 spiro atoms. The van der Waals surface area contributed by atoms with Crippen LogP contribution in [0.1, 0.15) is 60.3 Å². The minimum atomic E-state index is 0.517. The quantitative estimate of drug-likeness (QED) is 0.713. The van der Waals surface area contributed by atoms with Crippen LogP contribution in [-0.2, 0) is 0 Å². The molecule has 0 unspecified atom stereocenters. The zero-order chi connectivity index (χ0) is 10.8. The van der Waals surface area contributed by atoms with E-state index in [9.17, 15) is 0 Å². The lowest BCUT2D eigenvalue weighted by Gasteiger charge is -2.37. The van der Waals surface area contributed by atoms with Gasteiger partial charge in [-0.2, -0.15) is 0 Å². The van der Waals surface area contributed by atoms with Crippen molar-refractivity contribution in [3.63, 3.8) is 0 Å². The van der Waals surface area contributed by atoms with Crippen molar-refractivity contribution in [3.05, 3.63) is 0 Å². The molecular formula is C13H27N. The van der Waals surface area contributed by atoms with Crippen LogP contribution < -0.4 is 5.32 Å². The number of nitrogens with one attached hydrogen (secondary N) is 1. The van der Waals surface area contributed by atoms with Gasteiger partial charge >= 0.3 is 0 Å². The summed E-state index contributed by atoms with van der Waals surface area (Å²) < 4.78 is 0. The Balaban J connectivity index is 2.31. The zero-order valence-electron chi connectivity index (χ0n) is 10.6. The largest absolute Gasteiger partial charge is 0.312 e. The first kappa shape index (κ1) is 12.0.